The summed E-state index contributed by atoms with van der Waals surface area (Å²) in [6.45, 7) is 0. The third-order valence-corrected chi connectivity index (χ3v) is 1.78. The van der Waals surface area contributed by atoms with Crippen LogP contribution in [-0.2, 0) is 0 Å². The highest BCUT2D eigenvalue weighted by Gasteiger charge is 1.80. The first kappa shape index (κ1) is 14.5. The van der Waals surface area contributed by atoms with Gasteiger partial charge in [-0.2, -0.15) is 10.1 Å². The van der Waals surface area contributed by atoms with E-state index in [-0.39, 0.29) is 0 Å². The van der Waals surface area contributed by atoms with Gasteiger partial charge in [0.2, 0.25) is 21.4 Å². The molecule has 0 aliphatic rings. The molecule has 11 nitrogen and oxygen atoms in total. The number of nitrogens with one attached hydrogen (secondary N) is 5. The van der Waals surface area contributed by atoms with Gasteiger partial charge in [0.1, 0.15) is 12.7 Å². The van der Waals surface area contributed by atoms with E-state index in [2.05, 4.69) is 70.0 Å². The van der Waals surface area contributed by atoms with Gasteiger partial charge in [-0.3, -0.25) is 20.4 Å². The van der Waals surface area contributed by atoms with Crippen molar-refractivity contribution < 1.29 is 0 Å². The van der Waals surface area contributed by atoms with Crippen molar-refractivity contribution in [2.45, 2.75) is 0 Å². The Hall–Kier alpha value is -2.54. The molecule has 0 aliphatic heterocycles. The Kier molecular flexibility index (Phi) is 5.90. The lowest BCUT2D eigenvalue weighted by molar-refractivity contribution is 1.08. The predicted molar refractivity (Wildman–Crippen MR) is 72.8 cm³/mol. The molecule has 3 aromatic heterocycles. The van der Waals surface area contributed by atoms with Crippen LogP contribution in [0.1, 0.15) is 0 Å². The van der Waals surface area contributed by atoms with Gasteiger partial charge in [0.25, 0.3) is 0 Å². The lowest BCUT2D eigenvalue weighted by Crippen LogP contribution is -1.84. The summed E-state index contributed by atoms with van der Waals surface area (Å²) in [5.74, 6) is 0.681. The van der Waals surface area contributed by atoms with E-state index in [0.29, 0.717) is 21.4 Å². The van der Waals surface area contributed by atoms with Gasteiger partial charge in [-0.25, -0.2) is 15.1 Å². The van der Waals surface area contributed by atoms with E-state index < -0.39 is 0 Å². The third kappa shape index (κ3) is 6.69. The lowest BCUT2D eigenvalue weighted by atomic mass is 11.1. The van der Waals surface area contributed by atoms with Crippen LogP contribution in [-0.4, -0.2) is 45.5 Å². The molecule has 0 saturated heterocycles. The molecule has 3 aromatic rings. The maximum absolute atomic E-state index is 5.11. The van der Waals surface area contributed by atoms with Crippen molar-refractivity contribution in [2.24, 2.45) is 0 Å². The summed E-state index contributed by atoms with van der Waals surface area (Å²) in [4.78, 5) is 10.7. The monoisotopic (exact) mass is 301 g/mol. The highest BCUT2D eigenvalue weighted by atomic mass is 32.1. The molecule has 3 heterocycles. The molecule has 0 fully saturated rings. The van der Waals surface area contributed by atoms with Crippen LogP contribution in [0.15, 0.2) is 12.7 Å². The van der Waals surface area contributed by atoms with Crippen molar-refractivity contribution in [1.82, 2.24) is 45.5 Å². The van der Waals surface area contributed by atoms with E-state index in [1.54, 1.807) is 0 Å². The Morgan fingerprint density at radius 1 is 0.947 bits per heavy atom. The Balaban J connectivity index is 0.000000143. The fraction of sp³-hybridized carbons (Fsp3) is 0. The van der Waals surface area contributed by atoms with Gasteiger partial charge in [-0.05, 0) is 24.4 Å². The first-order valence-corrected chi connectivity index (χ1v) is 5.48. The second kappa shape index (κ2) is 7.72. The van der Waals surface area contributed by atoms with Crippen LogP contribution in [0.5, 0.6) is 0 Å². The second-order valence-electron chi connectivity index (χ2n) is 2.76. The summed E-state index contributed by atoms with van der Waals surface area (Å²) < 4.78 is 0.882. The molecule has 9 N–H and O–H groups in total. The second-order valence-corrected chi connectivity index (χ2v) is 3.53. The number of nitrogens with two attached hydrogens (primary N) is 2. The standard InChI is InChI=1S/C2H4N4S.C2H4N4.C2H3N3S/c3-1-4-2(7)6-5-1;3-2-4-1-5-6-2;6-2-3-1-4-5-2/h(H4,3,4,5,6,7);1H,(H3,3,4,5,6);1H,(H2,3,4,5,6). The Morgan fingerprint density at radius 3 is 1.89 bits per heavy atom. The smallest absolute Gasteiger partial charge is 0.215 e. The molecule has 0 atom stereocenters. The van der Waals surface area contributed by atoms with Gasteiger partial charge < -0.3 is 11.5 Å². The van der Waals surface area contributed by atoms with Gasteiger partial charge in [-0.1, -0.05) is 0 Å². The number of aromatic amines is 5. The van der Waals surface area contributed by atoms with Crippen molar-refractivity contribution in [3.8, 4) is 0 Å². The van der Waals surface area contributed by atoms with Crippen LogP contribution in [0.4, 0.5) is 11.9 Å². The largest absolute Gasteiger partial charge is 0.368 e. The van der Waals surface area contributed by atoms with Crippen molar-refractivity contribution in [1.29, 1.82) is 0 Å². The van der Waals surface area contributed by atoms with Crippen molar-refractivity contribution >= 4 is 36.3 Å². The number of hydrogen-bond donors (Lipinski definition) is 7. The molecule has 13 heteroatoms. The Morgan fingerprint density at radius 2 is 1.74 bits per heavy atom. The normalized spacial score (nSPS) is 8.84. The number of anilines is 2. The molecule has 102 valence electrons. The maximum Gasteiger partial charge on any atom is 0.215 e. The predicted octanol–water partition coefficient (Wildman–Crippen LogP) is -0.0963. The van der Waals surface area contributed by atoms with Gasteiger partial charge in [-0.15, -0.1) is 0 Å². The molecule has 19 heavy (non-hydrogen) atoms. The van der Waals surface area contributed by atoms with Gasteiger partial charge in [0.05, 0.1) is 0 Å². The first-order valence-electron chi connectivity index (χ1n) is 4.67. The van der Waals surface area contributed by atoms with E-state index in [9.17, 15) is 0 Å². The Bertz CT molecular complexity index is 641. The minimum absolute atomic E-state index is 0.324. The minimum atomic E-state index is 0.324. The van der Waals surface area contributed by atoms with Crippen LogP contribution in [0, 0.1) is 9.54 Å². The van der Waals surface area contributed by atoms with Crippen molar-refractivity contribution in [3.05, 3.63) is 22.2 Å². The zero-order valence-corrected chi connectivity index (χ0v) is 11.0. The molecule has 0 unspecified atom stereocenters. The highest BCUT2D eigenvalue weighted by Crippen LogP contribution is 1.82. The molecule has 0 amide bonds. The van der Waals surface area contributed by atoms with Crippen LogP contribution >= 0.6 is 24.4 Å². The average molecular weight is 301 g/mol. The summed E-state index contributed by atoms with van der Waals surface area (Å²) in [7, 11) is 0. The summed E-state index contributed by atoms with van der Waals surface area (Å²) >= 11 is 9.10. The summed E-state index contributed by atoms with van der Waals surface area (Å²) in [5, 5.41) is 16.1. The van der Waals surface area contributed by atoms with Crippen LogP contribution in [0.2, 0.25) is 0 Å². The quantitative estimate of drug-likeness (QED) is 0.281. The number of hydrogen-bond acceptors (Lipinski definition) is 8. The zero-order chi connectivity index (χ0) is 14.1. The van der Waals surface area contributed by atoms with Gasteiger partial charge >= 0.3 is 0 Å². The first-order chi connectivity index (χ1) is 9.08. The van der Waals surface area contributed by atoms with E-state index >= 15 is 0 Å². The van der Waals surface area contributed by atoms with Gasteiger partial charge in [0.15, 0.2) is 0 Å². The summed E-state index contributed by atoms with van der Waals surface area (Å²) in [5.41, 5.74) is 10.2. The van der Waals surface area contributed by atoms with E-state index in [1.165, 1.54) is 12.7 Å². The van der Waals surface area contributed by atoms with E-state index in [4.69, 9.17) is 11.5 Å². The van der Waals surface area contributed by atoms with E-state index in [1.807, 2.05) is 0 Å². The van der Waals surface area contributed by atoms with Crippen molar-refractivity contribution in [3.63, 3.8) is 0 Å². The van der Waals surface area contributed by atoms with Crippen LogP contribution < -0.4 is 11.5 Å². The van der Waals surface area contributed by atoms with Crippen LogP contribution in [0.3, 0.4) is 0 Å². The lowest BCUT2D eigenvalue weighted by Gasteiger charge is -1.69. The third-order valence-electron chi connectivity index (χ3n) is 1.38. The minimum Gasteiger partial charge on any atom is -0.368 e. The maximum atomic E-state index is 5.11. The molecule has 3 rings (SSSR count). The van der Waals surface area contributed by atoms with Gasteiger partial charge in [0, 0.05) is 0 Å². The molecule has 0 bridgehead atoms. The fourth-order valence-electron chi connectivity index (χ4n) is 0.715. The molecular formula is C6H11N11S2. The van der Waals surface area contributed by atoms with Crippen molar-refractivity contribution in [2.75, 3.05) is 11.5 Å². The number of nitrogens with zero attached hydrogens (tertiary/aromatic N) is 4. The molecule has 0 aliphatic carbocycles. The summed E-state index contributed by atoms with van der Waals surface area (Å²) in [6, 6.07) is 0. The molecule has 0 saturated carbocycles. The number of nitrogen functional groups attached to an aromatic ring is 2. The molecule has 0 radical (unpaired) electrons. The average Bonchev–Trinajstić information content (AvgIpc) is 3.07. The zero-order valence-electron chi connectivity index (χ0n) is 9.41. The van der Waals surface area contributed by atoms with Crippen LogP contribution in [0.25, 0.3) is 0 Å². The molecule has 0 aromatic carbocycles. The fourth-order valence-corrected chi connectivity index (χ4v) is 0.976. The summed E-state index contributed by atoms with van der Waals surface area (Å²) in [6.07, 6.45) is 2.86. The Labute approximate surface area is 116 Å². The number of aromatic nitrogens is 9. The number of H-pyrrole nitrogens is 5. The topological polar surface area (TPSA) is 183 Å². The molecular weight excluding hydrogens is 290 g/mol. The molecule has 0 spiro atoms. The highest BCUT2D eigenvalue weighted by molar-refractivity contribution is 7.71. The SMILES string of the molecule is Nc1nc(=S)[nH][nH]1.Nc1ncn[nH]1.S=c1nc[nH][nH]1. The number of rotatable bonds is 0. The van der Waals surface area contributed by atoms with E-state index in [0.717, 1.165) is 0 Å².